The van der Waals surface area contributed by atoms with Crippen LogP contribution in [0.5, 0.6) is 11.5 Å². The smallest absolute Gasteiger partial charge is 0.262 e. The van der Waals surface area contributed by atoms with E-state index >= 15 is 0 Å². The maximum Gasteiger partial charge on any atom is 0.262 e. The fourth-order valence-corrected chi connectivity index (χ4v) is 3.73. The Hall–Kier alpha value is -3.98. The summed E-state index contributed by atoms with van der Waals surface area (Å²) in [5.74, 6) is 0.906. The molecule has 6 heteroatoms. The Bertz CT molecular complexity index is 1140. The molecule has 1 heterocycles. The fraction of sp³-hybridized carbons (Fsp3) is 0.200. The first-order valence-electron chi connectivity index (χ1n) is 10.1. The monoisotopic (exact) mass is 413 g/mol. The number of hydrogen-bond acceptors (Lipinski definition) is 5. The number of benzene rings is 3. The summed E-state index contributed by atoms with van der Waals surface area (Å²) in [6.07, 6.45) is 0.494. The van der Waals surface area contributed by atoms with E-state index in [9.17, 15) is 4.79 Å². The van der Waals surface area contributed by atoms with Crippen molar-refractivity contribution in [2.75, 3.05) is 23.9 Å². The third kappa shape index (κ3) is 3.90. The van der Waals surface area contributed by atoms with Crippen LogP contribution < -0.4 is 19.7 Å². The van der Waals surface area contributed by atoms with E-state index in [2.05, 4.69) is 12.2 Å². The van der Waals surface area contributed by atoms with Crippen molar-refractivity contribution in [3.05, 3.63) is 83.4 Å². The molecule has 6 nitrogen and oxygen atoms in total. The van der Waals surface area contributed by atoms with Gasteiger partial charge in [-0.3, -0.25) is 9.69 Å². The number of para-hydroxylation sites is 1. The van der Waals surface area contributed by atoms with Crippen LogP contribution in [0.4, 0.5) is 11.4 Å². The minimum Gasteiger partial charge on any atom is -0.493 e. The second-order valence-electron chi connectivity index (χ2n) is 7.14. The second-order valence-corrected chi connectivity index (χ2v) is 7.14. The maximum atomic E-state index is 13.5. The Morgan fingerprint density at radius 2 is 1.84 bits per heavy atom. The van der Waals surface area contributed by atoms with Crippen LogP contribution in [0.1, 0.15) is 34.6 Å². The molecule has 1 aliphatic heterocycles. The van der Waals surface area contributed by atoms with Gasteiger partial charge < -0.3 is 14.8 Å². The Kier molecular flexibility index (Phi) is 5.76. The van der Waals surface area contributed by atoms with Crippen LogP contribution in [0.25, 0.3) is 0 Å². The molecule has 0 saturated heterocycles. The lowest BCUT2D eigenvalue weighted by molar-refractivity contribution is 0.0975. The van der Waals surface area contributed by atoms with Gasteiger partial charge in [-0.25, -0.2) is 0 Å². The number of aryl methyl sites for hydroxylation is 1. The normalized spacial score (nSPS) is 14.9. The summed E-state index contributed by atoms with van der Waals surface area (Å²) in [7, 11) is 1.55. The highest BCUT2D eigenvalue weighted by Crippen LogP contribution is 2.39. The largest absolute Gasteiger partial charge is 0.493 e. The predicted octanol–water partition coefficient (Wildman–Crippen LogP) is 4.93. The van der Waals surface area contributed by atoms with Gasteiger partial charge >= 0.3 is 0 Å². The number of ether oxygens (including phenoxy) is 2. The highest BCUT2D eigenvalue weighted by Gasteiger charge is 2.34. The maximum absolute atomic E-state index is 13.5. The quantitative estimate of drug-likeness (QED) is 0.620. The van der Waals surface area contributed by atoms with E-state index in [0.29, 0.717) is 17.1 Å². The van der Waals surface area contributed by atoms with E-state index in [1.54, 1.807) is 18.1 Å². The number of anilines is 2. The van der Waals surface area contributed by atoms with Crippen LogP contribution in [0.2, 0.25) is 0 Å². The summed E-state index contributed by atoms with van der Waals surface area (Å²) in [6, 6.07) is 23.0. The van der Waals surface area contributed by atoms with Crippen LogP contribution in [0.3, 0.4) is 0 Å². The predicted molar refractivity (Wildman–Crippen MR) is 120 cm³/mol. The summed E-state index contributed by atoms with van der Waals surface area (Å²) in [4.78, 5) is 15.3. The van der Waals surface area contributed by atoms with E-state index in [1.807, 2.05) is 66.7 Å². The van der Waals surface area contributed by atoms with Gasteiger partial charge in [0.15, 0.2) is 18.1 Å². The molecular formula is C25H23N3O3. The van der Waals surface area contributed by atoms with Crippen LogP contribution in [-0.2, 0) is 6.42 Å². The Morgan fingerprint density at radius 1 is 1.06 bits per heavy atom. The number of carbonyl (C=O) groups is 1. The van der Waals surface area contributed by atoms with Crippen molar-refractivity contribution in [1.29, 1.82) is 5.26 Å². The fourth-order valence-electron chi connectivity index (χ4n) is 3.73. The van der Waals surface area contributed by atoms with E-state index in [0.717, 1.165) is 23.4 Å². The molecule has 1 aliphatic rings. The first-order chi connectivity index (χ1) is 15.2. The van der Waals surface area contributed by atoms with E-state index in [1.165, 1.54) is 5.56 Å². The number of fused-ring (bicyclic) bond motifs is 1. The topological polar surface area (TPSA) is 74.6 Å². The van der Waals surface area contributed by atoms with Crippen molar-refractivity contribution >= 4 is 17.3 Å². The van der Waals surface area contributed by atoms with Gasteiger partial charge in [0.05, 0.1) is 12.7 Å². The van der Waals surface area contributed by atoms with Crippen molar-refractivity contribution in [3.8, 4) is 17.6 Å². The zero-order valence-electron chi connectivity index (χ0n) is 17.5. The number of methoxy groups -OCH3 is 1. The van der Waals surface area contributed by atoms with Gasteiger partial charge in [0, 0.05) is 11.4 Å². The summed E-state index contributed by atoms with van der Waals surface area (Å²) in [6.45, 7) is 2.03. The molecule has 31 heavy (non-hydrogen) atoms. The van der Waals surface area contributed by atoms with Crippen LogP contribution in [-0.4, -0.2) is 19.6 Å². The molecule has 0 aliphatic carbocycles. The van der Waals surface area contributed by atoms with Gasteiger partial charge in [-0.15, -0.1) is 0 Å². The average Bonchev–Trinajstić information content (AvgIpc) is 2.82. The van der Waals surface area contributed by atoms with Gasteiger partial charge in [-0.1, -0.05) is 37.3 Å². The van der Waals surface area contributed by atoms with Crippen LogP contribution >= 0.6 is 0 Å². The number of hydrogen-bond donors (Lipinski definition) is 1. The average molecular weight is 413 g/mol. The van der Waals surface area contributed by atoms with Gasteiger partial charge in [-0.05, 0) is 53.9 Å². The summed E-state index contributed by atoms with van der Waals surface area (Å²) < 4.78 is 10.9. The van der Waals surface area contributed by atoms with E-state index < -0.39 is 6.17 Å². The minimum atomic E-state index is -0.436. The number of amides is 1. The molecule has 1 N–H and O–H groups in total. The van der Waals surface area contributed by atoms with Crippen LogP contribution in [0.15, 0.2) is 66.7 Å². The molecule has 1 amide bonds. The molecule has 3 aromatic carbocycles. The lowest BCUT2D eigenvalue weighted by atomic mass is 10.0. The molecule has 0 unspecified atom stereocenters. The number of nitrogens with one attached hydrogen (secondary N) is 1. The highest BCUT2D eigenvalue weighted by atomic mass is 16.5. The van der Waals surface area contributed by atoms with Crippen molar-refractivity contribution in [1.82, 2.24) is 0 Å². The number of carbonyl (C=O) groups excluding carboxylic acids is 1. The van der Waals surface area contributed by atoms with Gasteiger partial charge in [-0.2, -0.15) is 5.26 Å². The lowest BCUT2D eigenvalue weighted by Crippen LogP contribution is -2.43. The summed E-state index contributed by atoms with van der Waals surface area (Å²) in [5, 5.41) is 12.3. The summed E-state index contributed by atoms with van der Waals surface area (Å²) >= 11 is 0. The molecule has 1 atom stereocenters. The molecule has 0 bridgehead atoms. The van der Waals surface area contributed by atoms with Gasteiger partial charge in [0.2, 0.25) is 0 Å². The zero-order chi connectivity index (χ0) is 21.8. The Balaban J connectivity index is 1.79. The Labute approximate surface area is 181 Å². The summed E-state index contributed by atoms with van der Waals surface area (Å²) in [5.41, 5.74) is 4.25. The van der Waals surface area contributed by atoms with E-state index in [-0.39, 0.29) is 12.5 Å². The third-order valence-corrected chi connectivity index (χ3v) is 5.35. The molecule has 0 fully saturated rings. The minimum absolute atomic E-state index is 0.0703. The van der Waals surface area contributed by atoms with Crippen LogP contribution in [0, 0.1) is 11.3 Å². The lowest BCUT2D eigenvalue weighted by Gasteiger charge is -2.38. The number of nitrogens with zero attached hydrogens (tertiary/aromatic N) is 2. The molecule has 0 spiro atoms. The number of nitriles is 1. The first-order valence-corrected chi connectivity index (χ1v) is 10.1. The third-order valence-electron chi connectivity index (χ3n) is 5.35. The van der Waals surface area contributed by atoms with Crippen molar-refractivity contribution < 1.29 is 14.3 Å². The standard InChI is InChI=1S/C25H23N3O3/c1-3-17-8-11-19(12-9-17)28-24(27-21-7-5-4-6-20(21)25(28)29)18-10-13-22(31-15-14-26)23(16-18)30-2/h4-13,16,24,27H,3,15H2,1-2H3/t24-/m1/s1. The molecule has 0 saturated carbocycles. The first kappa shape index (κ1) is 20.3. The molecule has 156 valence electrons. The van der Waals surface area contributed by atoms with Crippen molar-refractivity contribution in [2.24, 2.45) is 0 Å². The van der Waals surface area contributed by atoms with E-state index in [4.69, 9.17) is 14.7 Å². The molecule has 4 rings (SSSR count). The van der Waals surface area contributed by atoms with Crippen molar-refractivity contribution in [3.63, 3.8) is 0 Å². The second kappa shape index (κ2) is 8.80. The highest BCUT2D eigenvalue weighted by molar-refractivity contribution is 6.12. The molecule has 0 aromatic heterocycles. The number of rotatable bonds is 6. The van der Waals surface area contributed by atoms with Gasteiger partial charge in [0.25, 0.3) is 5.91 Å². The molecule has 3 aromatic rings. The van der Waals surface area contributed by atoms with Crippen molar-refractivity contribution in [2.45, 2.75) is 19.5 Å². The molecule has 0 radical (unpaired) electrons. The Morgan fingerprint density at radius 3 is 2.55 bits per heavy atom. The SMILES string of the molecule is CCc1ccc(N2C(=O)c3ccccc3N[C@H]2c2ccc(OCC#N)c(OC)c2)cc1. The molecular weight excluding hydrogens is 390 g/mol. The van der Waals surface area contributed by atoms with Gasteiger partial charge in [0.1, 0.15) is 12.2 Å². The zero-order valence-corrected chi connectivity index (χ0v) is 17.5.